The second-order valence-corrected chi connectivity index (χ2v) is 5.26. The van der Waals surface area contributed by atoms with E-state index >= 15 is 0 Å². The van der Waals surface area contributed by atoms with Gasteiger partial charge in [0, 0.05) is 13.1 Å². The van der Waals surface area contributed by atoms with Crippen molar-refractivity contribution < 1.29 is 14.6 Å². The third kappa shape index (κ3) is 3.26. The van der Waals surface area contributed by atoms with Gasteiger partial charge in [0.25, 0.3) is 5.91 Å². The molecule has 0 aromatic heterocycles. The van der Waals surface area contributed by atoms with Crippen molar-refractivity contribution in [1.29, 1.82) is 0 Å². The van der Waals surface area contributed by atoms with Crippen molar-refractivity contribution in [3.05, 3.63) is 29.8 Å². The van der Waals surface area contributed by atoms with E-state index in [1.54, 1.807) is 24.0 Å². The highest BCUT2D eigenvalue weighted by atomic mass is 16.5. The summed E-state index contributed by atoms with van der Waals surface area (Å²) in [4.78, 5) is 14.2. The van der Waals surface area contributed by atoms with Crippen LogP contribution in [0.3, 0.4) is 0 Å². The molecular weight excluding hydrogens is 242 g/mol. The van der Waals surface area contributed by atoms with Gasteiger partial charge in [0.1, 0.15) is 5.75 Å². The Hall–Kier alpha value is -1.55. The highest BCUT2D eigenvalue weighted by molar-refractivity contribution is 5.97. The van der Waals surface area contributed by atoms with Gasteiger partial charge in [-0.1, -0.05) is 12.1 Å². The van der Waals surface area contributed by atoms with E-state index in [9.17, 15) is 9.90 Å². The third-order valence-electron chi connectivity index (χ3n) is 3.38. The van der Waals surface area contributed by atoms with Crippen molar-refractivity contribution in [2.75, 3.05) is 19.7 Å². The summed E-state index contributed by atoms with van der Waals surface area (Å²) in [5.41, 5.74) is -0.212. The number of benzene rings is 1. The zero-order chi connectivity index (χ0) is 13.9. The molecule has 1 aliphatic heterocycles. The van der Waals surface area contributed by atoms with Crippen LogP contribution in [0.2, 0.25) is 0 Å². The SMILES string of the molecule is CCOc1ccccc1C(=O)N1CCCC(C)(O)C1. The predicted octanol–water partition coefficient (Wildman–Crippen LogP) is 2.07. The standard InChI is InChI=1S/C15H21NO3/c1-3-19-13-8-5-4-7-12(13)14(17)16-10-6-9-15(2,18)11-16/h4-5,7-8,18H,3,6,9-11H2,1-2H3. The van der Waals surface area contributed by atoms with E-state index < -0.39 is 5.60 Å². The molecular formula is C15H21NO3. The van der Waals surface area contributed by atoms with Crippen molar-refractivity contribution in [1.82, 2.24) is 4.90 Å². The molecule has 1 atom stereocenters. The van der Waals surface area contributed by atoms with Gasteiger partial charge in [0.15, 0.2) is 0 Å². The Morgan fingerprint density at radius 1 is 1.47 bits per heavy atom. The fraction of sp³-hybridized carbons (Fsp3) is 0.533. The van der Waals surface area contributed by atoms with Crippen LogP contribution in [0, 0.1) is 0 Å². The molecule has 1 unspecified atom stereocenters. The number of ether oxygens (including phenoxy) is 1. The minimum absolute atomic E-state index is 0.0657. The van der Waals surface area contributed by atoms with Crippen LogP contribution in [0.5, 0.6) is 5.75 Å². The summed E-state index contributed by atoms with van der Waals surface area (Å²) in [5.74, 6) is 0.546. The molecule has 1 fully saturated rings. The monoisotopic (exact) mass is 263 g/mol. The molecule has 1 aliphatic rings. The Labute approximate surface area is 114 Å². The maximum absolute atomic E-state index is 12.5. The first-order valence-corrected chi connectivity index (χ1v) is 6.77. The maximum atomic E-state index is 12.5. The highest BCUT2D eigenvalue weighted by Gasteiger charge is 2.32. The number of piperidine rings is 1. The summed E-state index contributed by atoms with van der Waals surface area (Å²) in [6.07, 6.45) is 1.57. The molecule has 0 saturated carbocycles. The van der Waals surface area contributed by atoms with Crippen molar-refractivity contribution in [2.45, 2.75) is 32.3 Å². The van der Waals surface area contributed by atoms with Crippen LogP contribution >= 0.6 is 0 Å². The highest BCUT2D eigenvalue weighted by Crippen LogP contribution is 2.25. The quantitative estimate of drug-likeness (QED) is 0.908. The van der Waals surface area contributed by atoms with Crippen LogP contribution in [-0.4, -0.2) is 41.2 Å². The second-order valence-electron chi connectivity index (χ2n) is 5.26. The van der Waals surface area contributed by atoms with Crippen molar-refractivity contribution in [3.63, 3.8) is 0 Å². The molecule has 19 heavy (non-hydrogen) atoms. The van der Waals surface area contributed by atoms with E-state index in [1.807, 2.05) is 19.1 Å². The lowest BCUT2D eigenvalue weighted by Gasteiger charge is -2.37. The minimum atomic E-state index is -0.783. The smallest absolute Gasteiger partial charge is 0.257 e. The molecule has 1 amide bonds. The number of nitrogens with zero attached hydrogens (tertiary/aromatic N) is 1. The summed E-state index contributed by atoms with van der Waals surface area (Å²) >= 11 is 0. The summed E-state index contributed by atoms with van der Waals surface area (Å²) in [6, 6.07) is 7.27. The molecule has 1 heterocycles. The van der Waals surface area contributed by atoms with Gasteiger partial charge in [-0.3, -0.25) is 4.79 Å². The van der Waals surface area contributed by atoms with Gasteiger partial charge < -0.3 is 14.7 Å². The Bertz CT molecular complexity index is 456. The third-order valence-corrected chi connectivity index (χ3v) is 3.38. The fourth-order valence-corrected chi connectivity index (χ4v) is 2.49. The molecule has 1 saturated heterocycles. The Kier molecular flexibility index (Phi) is 4.10. The molecule has 0 spiro atoms. The van der Waals surface area contributed by atoms with E-state index in [0.717, 1.165) is 12.8 Å². The number of hydrogen-bond acceptors (Lipinski definition) is 3. The minimum Gasteiger partial charge on any atom is -0.493 e. The molecule has 104 valence electrons. The molecule has 1 aromatic rings. The van der Waals surface area contributed by atoms with Gasteiger partial charge >= 0.3 is 0 Å². The van der Waals surface area contributed by atoms with Crippen molar-refractivity contribution in [2.24, 2.45) is 0 Å². The number of aliphatic hydroxyl groups is 1. The zero-order valence-corrected chi connectivity index (χ0v) is 11.6. The van der Waals surface area contributed by atoms with Gasteiger partial charge in [-0.25, -0.2) is 0 Å². The number of β-amino-alcohol motifs (C(OH)–C–C–N with tert-alkyl or cyclic N) is 1. The van der Waals surface area contributed by atoms with Crippen LogP contribution in [0.15, 0.2) is 24.3 Å². The molecule has 0 bridgehead atoms. The molecule has 1 N–H and O–H groups in total. The maximum Gasteiger partial charge on any atom is 0.257 e. The van der Waals surface area contributed by atoms with E-state index in [1.165, 1.54) is 0 Å². The lowest BCUT2D eigenvalue weighted by Crippen LogP contribution is -2.48. The average molecular weight is 263 g/mol. The summed E-state index contributed by atoms with van der Waals surface area (Å²) in [6.45, 7) is 5.28. The first-order chi connectivity index (χ1) is 9.03. The van der Waals surface area contributed by atoms with Crippen molar-refractivity contribution in [3.8, 4) is 5.75 Å². The number of para-hydroxylation sites is 1. The van der Waals surface area contributed by atoms with Gasteiger partial charge in [-0.2, -0.15) is 0 Å². The fourth-order valence-electron chi connectivity index (χ4n) is 2.49. The van der Waals surface area contributed by atoms with E-state index in [2.05, 4.69) is 0 Å². The average Bonchev–Trinajstić information content (AvgIpc) is 2.38. The van der Waals surface area contributed by atoms with Crippen LogP contribution < -0.4 is 4.74 Å². The lowest BCUT2D eigenvalue weighted by molar-refractivity contribution is -0.0108. The molecule has 4 nitrogen and oxygen atoms in total. The summed E-state index contributed by atoms with van der Waals surface area (Å²) in [7, 11) is 0. The number of rotatable bonds is 3. The predicted molar refractivity (Wildman–Crippen MR) is 73.4 cm³/mol. The number of hydrogen-bond donors (Lipinski definition) is 1. The van der Waals surface area contributed by atoms with Crippen molar-refractivity contribution >= 4 is 5.91 Å². The van der Waals surface area contributed by atoms with Crippen LogP contribution in [-0.2, 0) is 0 Å². The Morgan fingerprint density at radius 3 is 2.89 bits per heavy atom. The van der Waals surface area contributed by atoms with Gasteiger partial charge in [-0.15, -0.1) is 0 Å². The summed E-state index contributed by atoms with van der Waals surface area (Å²) < 4.78 is 5.49. The van der Waals surface area contributed by atoms with E-state index in [4.69, 9.17) is 4.74 Å². The first-order valence-electron chi connectivity index (χ1n) is 6.77. The summed E-state index contributed by atoms with van der Waals surface area (Å²) in [5, 5.41) is 10.1. The second kappa shape index (κ2) is 5.61. The Balaban J connectivity index is 2.19. The molecule has 0 aliphatic carbocycles. The van der Waals surface area contributed by atoms with E-state index in [0.29, 0.717) is 31.0 Å². The molecule has 4 heteroatoms. The topological polar surface area (TPSA) is 49.8 Å². The zero-order valence-electron chi connectivity index (χ0n) is 11.6. The number of amides is 1. The van der Waals surface area contributed by atoms with Crippen LogP contribution in [0.4, 0.5) is 0 Å². The Morgan fingerprint density at radius 2 is 2.21 bits per heavy atom. The van der Waals surface area contributed by atoms with E-state index in [-0.39, 0.29) is 5.91 Å². The van der Waals surface area contributed by atoms with Gasteiger partial charge in [0.05, 0.1) is 17.8 Å². The molecule has 2 rings (SSSR count). The normalized spacial score (nSPS) is 23.2. The first kappa shape index (κ1) is 13.9. The number of likely N-dealkylation sites (tertiary alicyclic amines) is 1. The van der Waals surface area contributed by atoms with Crippen LogP contribution in [0.25, 0.3) is 0 Å². The number of carbonyl (C=O) groups is 1. The number of carbonyl (C=O) groups excluding carboxylic acids is 1. The van der Waals surface area contributed by atoms with Gasteiger partial charge in [0.2, 0.25) is 0 Å². The largest absolute Gasteiger partial charge is 0.493 e. The van der Waals surface area contributed by atoms with Gasteiger partial charge in [-0.05, 0) is 38.8 Å². The lowest BCUT2D eigenvalue weighted by atomic mass is 9.94. The molecule has 0 radical (unpaired) electrons. The molecule has 1 aromatic carbocycles. The van der Waals surface area contributed by atoms with Crippen LogP contribution in [0.1, 0.15) is 37.0 Å².